The summed E-state index contributed by atoms with van der Waals surface area (Å²) in [5.41, 5.74) is 3.44. The maximum atomic E-state index is 12.7. The highest BCUT2D eigenvalue weighted by Gasteiger charge is 2.16. The lowest BCUT2D eigenvalue weighted by atomic mass is 10.2. The summed E-state index contributed by atoms with van der Waals surface area (Å²) in [5.74, 6) is 0.843. The number of nitriles is 1. The summed E-state index contributed by atoms with van der Waals surface area (Å²) in [6.45, 7) is 2.38. The Morgan fingerprint density at radius 3 is 2.57 bits per heavy atom. The Bertz CT molecular complexity index is 1390. The number of hydrogen-bond acceptors (Lipinski definition) is 4. The smallest absolute Gasteiger partial charge is 0.261 e. The zero-order chi connectivity index (χ0) is 21.3. The van der Waals surface area contributed by atoms with E-state index in [9.17, 15) is 8.42 Å². The van der Waals surface area contributed by atoms with Crippen LogP contribution in [0, 0.1) is 18.3 Å². The van der Waals surface area contributed by atoms with Gasteiger partial charge in [0.2, 0.25) is 0 Å². The summed E-state index contributed by atoms with van der Waals surface area (Å²) in [6, 6.07) is 20.5. The van der Waals surface area contributed by atoms with Crippen molar-refractivity contribution in [1.82, 2.24) is 9.55 Å². The number of benzene rings is 3. The molecule has 3 aromatic carbocycles. The van der Waals surface area contributed by atoms with Crippen LogP contribution >= 0.6 is 11.6 Å². The van der Waals surface area contributed by atoms with Crippen LogP contribution in [-0.2, 0) is 16.6 Å². The van der Waals surface area contributed by atoms with Gasteiger partial charge in [-0.1, -0.05) is 23.7 Å². The number of aromatic nitrogens is 2. The standard InChI is InChI=1S/C22H17ClN4O2S/c1-15-25-21-4-2-3-5-22(21)27(15)14-17-12-18(8-11-20(17)23)26-30(28,29)19-9-6-16(13-24)7-10-19/h2-12,26H,14H2,1H3. The fourth-order valence-corrected chi connectivity index (χ4v) is 4.47. The SMILES string of the molecule is Cc1nc2ccccc2n1Cc1cc(NS(=O)(=O)c2ccc(C#N)cc2)ccc1Cl. The van der Waals surface area contributed by atoms with Crippen LogP contribution in [0.1, 0.15) is 17.0 Å². The van der Waals surface area contributed by atoms with Crippen LogP contribution in [0.3, 0.4) is 0 Å². The van der Waals surface area contributed by atoms with E-state index in [0.29, 0.717) is 22.8 Å². The number of nitrogens with one attached hydrogen (secondary N) is 1. The molecule has 30 heavy (non-hydrogen) atoms. The molecule has 0 spiro atoms. The van der Waals surface area contributed by atoms with Crippen LogP contribution in [0.15, 0.2) is 71.6 Å². The van der Waals surface area contributed by atoms with Crippen molar-refractivity contribution in [3.05, 3.63) is 88.7 Å². The average molecular weight is 437 g/mol. The van der Waals surface area contributed by atoms with Gasteiger partial charge in [-0.15, -0.1) is 0 Å². The largest absolute Gasteiger partial charge is 0.324 e. The Hall–Kier alpha value is -3.34. The molecular formula is C22H17ClN4O2S. The summed E-state index contributed by atoms with van der Waals surface area (Å²) < 4.78 is 30.0. The summed E-state index contributed by atoms with van der Waals surface area (Å²) >= 11 is 6.40. The summed E-state index contributed by atoms with van der Waals surface area (Å²) in [6.07, 6.45) is 0. The molecule has 0 radical (unpaired) electrons. The first-order chi connectivity index (χ1) is 14.4. The van der Waals surface area contributed by atoms with Gasteiger partial charge in [0, 0.05) is 10.7 Å². The normalized spacial score (nSPS) is 11.4. The van der Waals surface area contributed by atoms with Crippen LogP contribution in [0.4, 0.5) is 5.69 Å². The summed E-state index contributed by atoms with van der Waals surface area (Å²) in [4.78, 5) is 4.64. The van der Waals surface area contributed by atoms with Crippen molar-refractivity contribution in [1.29, 1.82) is 5.26 Å². The number of aryl methyl sites for hydroxylation is 1. The number of anilines is 1. The van der Waals surface area contributed by atoms with Crippen molar-refractivity contribution < 1.29 is 8.42 Å². The van der Waals surface area contributed by atoms with Gasteiger partial charge in [0.25, 0.3) is 10.0 Å². The average Bonchev–Trinajstić information content (AvgIpc) is 3.05. The molecule has 1 heterocycles. The molecule has 8 heteroatoms. The highest BCUT2D eigenvalue weighted by molar-refractivity contribution is 7.92. The second-order valence-electron chi connectivity index (χ2n) is 6.78. The van der Waals surface area contributed by atoms with E-state index in [0.717, 1.165) is 22.4 Å². The number of para-hydroxylation sites is 2. The van der Waals surface area contributed by atoms with E-state index in [-0.39, 0.29) is 4.90 Å². The van der Waals surface area contributed by atoms with Crippen molar-refractivity contribution in [3.8, 4) is 6.07 Å². The molecule has 0 saturated carbocycles. The molecule has 0 atom stereocenters. The number of imidazole rings is 1. The summed E-state index contributed by atoms with van der Waals surface area (Å²) in [5, 5.41) is 9.42. The van der Waals surface area contributed by atoms with E-state index in [1.165, 1.54) is 24.3 Å². The predicted octanol–water partition coefficient (Wildman–Crippen LogP) is 4.72. The second kappa shape index (κ2) is 7.82. The number of halogens is 1. The van der Waals surface area contributed by atoms with Crippen LogP contribution in [0.25, 0.3) is 11.0 Å². The van der Waals surface area contributed by atoms with Crippen LogP contribution < -0.4 is 4.72 Å². The lowest BCUT2D eigenvalue weighted by Gasteiger charge is -2.13. The molecule has 0 aliphatic heterocycles. The highest BCUT2D eigenvalue weighted by Crippen LogP contribution is 2.26. The van der Waals surface area contributed by atoms with E-state index < -0.39 is 10.0 Å². The van der Waals surface area contributed by atoms with Crippen molar-refractivity contribution in [2.75, 3.05) is 4.72 Å². The quantitative estimate of drug-likeness (QED) is 0.490. The molecule has 1 N–H and O–H groups in total. The first-order valence-corrected chi connectivity index (χ1v) is 11.0. The molecule has 150 valence electrons. The molecule has 0 bridgehead atoms. The Morgan fingerprint density at radius 2 is 1.83 bits per heavy atom. The Labute approximate surface area is 179 Å². The van der Waals surface area contributed by atoms with E-state index >= 15 is 0 Å². The predicted molar refractivity (Wildman–Crippen MR) is 117 cm³/mol. The zero-order valence-electron chi connectivity index (χ0n) is 16.0. The van der Waals surface area contributed by atoms with Crippen molar-refractivity contribution in [3.63, 3.8) is 0 Å². The minimum absolute atomic E-state index is 0.0782. The fourth-order valence-electron chi connectivity index (χ4n) is 3.25. The first-order valence-electron chi connectivity index (χ1n) is 9.11. The molecule has 0 saturated heterocycles. The zero-order valence-corrected chi connectivity index (χ0v) is 17.6. The van der Waals surface area contributed by atoms with Gasteiger partial charge in [-0.3, -0.25) is 4.72 Å². The maximum Gasteiger partial charge on any atom is 0.261 e. The number of fused-ring (bicyclic) bond motifs is 1. The van der Waals surface area contributed by atoms with Gasteiger partial charge in [-0.25, -0.2) is 13.4 Å². The number of hydrogen-bond donors (Lipinski definition) is 1. The minimum Gasteiger partial charge on any atom is -0.324 e. The van der Waals surface area contributed by atoms with Gasteiger partial charge >= 0.3 is 0 Å². The lowest BCUT2D eigenvalue weighted by Crippen LogP contribution is -2.13. The maximum absolute atomic E-state index is 12.7. The first kappa shape index (κ1) is 20.0. The Kier molecular flexibility index (Phi) is 5.20. The van der Waals surface area contributed by atoms with Gasteiger partial charge in [0.1, 0.15) is 5.82 Å². The van der Waals surface area contributed by atoms with Crippen molar-refractivity contribution >= 4 is 38.3 Å². The third kappa shape index (κ3) is 3.88. The number of sulfonamides is 1. The van der Waals surface area contributed by atoms with Crippen molar-refractivity contribution in [2.45, 2.75) is 18.4 Å². The molecule has 6 nitrogen and oxygen atoms in total. The van der Waals surface area contributed by atoms with Crippen LogP contribution in [0.2, 0.25) is 5.02 Å². The van der Waals surface area contributed by atoms with E-state index in [2.05, 4.69) is 9.71 Å². The lowest BCUT2D eigenvalue weighted by molar-refractivity contribution is 0.601. The molecule has 0 fully saturated rings. The molecular weight excluding hydrogens is 420 g/mol. The fraction of sp³-hybridized carbons (Fsp3) is 0.0909. The molecule has 1 aromatic heterocycles. The molecule has 0 amide bonds. The van der Waals surface area contributed by atoms with Gasteiger partial charge < -0.3 is 4.57 Å². The molecule has 0 aliphatic rings. The number of rotatable bonds is 5. The van der Waals surface area contributed by atoms with Gasteiger partial charge in [0.15, 0.2) is 0 Å². The van der Waals surface area contributed by atoms with Gasteiger partial charge in [-0.05, 0) is 67.1 Å². The summed E-state index contributed by atoms with van der Waals surface area (Å²) in [7, 11) is -3.79. The molecule has 0 aliphatic carbocycles. The van der Waals surface area contributed by atoms with Crippen LogP contribution in [-0.4, -0.2) is 18.0 Å². The third-order valence-corrected chi connectivity index (χ3v) is 6.53. The minimum atomic E-state index is -3.79. The monoisotopic (exact) mass is 436 g/mol. The Morgan fingerprint density at radius 1 is 1.10 bits per heavy atom. The van der Waals surface area contributed by atoms with Gasteiger partial charge in [0.05, 0.1) is 34.1 Å². The van der Waals surface area contributed by atoms with E-state index in [1.54, 1.807) is 18.2 Å². The van der Waals surface area contributed by atoms with Gasteiger partial charge in [-0.2, -0.15) is 5.26 Å². The highest BCUT2D eigenvalue weighted by atomic mass is 35.5. The molecule has 4 aromatic rings. The van der Waals surface area contributed by atoms with Crippen molar-refractivity contribution in [2.24, 2.45) is 0 Å². The van der Waals surface area contributed by atoms with E-state index in [1.807, 2.05) is 41.8 Å². The molecule has 4 rings (SSSR count). The molecule has 0 unspecified atom stereocenters. The second-order valence-corrected chi connectivity index (χ2v) is 8.87. The third-order valence-electron chi connectivity index (χ3n) is 4.77. The van der Waals surface area contributed by atoms with E-state index in [4.69, 9.17) is 16.9 Å². The Balaban J connectivity index is 1.64. The topological polar surface area (TPSA) is 87.8 Å². The van der Waals surface area contributed by atoms with Crippen LogP contribution in [0.5, 0.6) is 0 Å². The number of nitrogens with zero attached hydrogens (tertiary/aromatic N) is 3.